The van der Waals surface area contributed by atoms with Gasteiger partial charge in [0.25, 0.3) is 5.91 Å². The van der Waals surface area contributed by atoms with E-state index in [-0.39, 0.29) is 11.5 Å². The van der Waals surface area contributed by atoms with Crippen molar-refractivity contribution in [2.75, 3.05) is 13.1 Å². The summed E-state index contributed by atoms with van der Waals surface area (Å²) in [6.07, 6.45) is 3.74. The Morgan fingerprint density at radius 1 is 1.28 bits per heavy atom. The van der Waals surface area contributed by atoms with E-state index >= 15 is 0 Å². The maximum absolute atomic E-state index is 13.8. The van der Waals surface area contributed by atoms with Gasteiger partial charge < -0.3 is 4.90 Å². The highest BCUT2D eigenvalue weighted by Crippen LogP contribution is 2.38. The molecular weight excluding hydrogens is 229 g/mol. The van der Waals surface area contributed by atoms with Crippen molar-refractivity contribution < 1.29 is 9.18 Å². The summed E-state index contributed by atoms with van der Waals surface area (Å²) in [5, 5.41) is 0. The molecule has 2 atom stereocenters. The van der Waals surface area contributed by atoms with E-state index in [0.717, 1.165) is 18.7 Å². The van der Waals surface area contributed by atoms with E-state index in [1.54, 1.807) is 12.1 Å². The largest absolute Gasteiger partial charge is 0.338 e. The first-order valence-electron chi connectivity index (χ1n) is 6.70. The maximum atomic E-state index is 13.8. The molecule has 2 nitrogen and oxygen atoms in total. The molecule has 0 radical (unpaired) electrons. The first-order valence-corrected chi connectivity index (χ1v) is 6.70. The molecule has 1 aliphatic carbocycles. The molecule has 2 aliphatic rings. The van der Waals surface area contributed by atoms with Gasteiger partial charge in [0, 0.05) is 13.1 Å². The molecular formula is C15H18FNO. The highest BCUT2D eigenvalue weighted by atomic mass is 19.1. The minimum absolute atomic E-state index is 0.137. The van der Waals surface area contributed by atoms with Crippen LogP contribution in [0.1, 0.15) is 35.2 Å². The van der Waals surface area contributed by atoms with E-state index in [1.165, 1.54) is 25.3 Å². The zero-order valence-corrected chi connectivity index (χ0v) is 10.7. The molecule has 1 heterocycles. The third-order valence-electron chi connectivity index (χ3n) is 4.37. The van der Waals surface area contributed by atoms with Gasteiger partial charge in [0.1, 0.15) is 5.82 Å². The fourth-order valence-electron chi connectivity index (χ4n) is 3.36. The predicted octanol–water partition coefficient (Wildman–Crippen LogP) is 3.01. The first-order chi connectivity index (χ1) is 8.65. The van der Waals surface area contributed by atoms with Gasteiger partial charge in [0.05, 0.1) is 5.56 Å². The zero-order chi connectivity index (χ0) is 12.7. The Hall–Kier alpha value is -1.38. The van der Waals surface area contributed by atoms with Gasteiger partial charge >= 0.3 is 0 Å². The molecule has 0 aromatic heterocycles. The van der Waals surface area contributed by atoms with Gasteiger partial charge in [-0.2, -0.15) is 0 Å². The minimum Gasteiger partial charge on any atom is -0.338 e. The van der Waals surface area contributed by atoms with Crippen LogP contribution < -0.4 is 0 Å². The second-order valence-electron chi connectivity index (χ2n) is 5.64. The number of amides is 1. The summed E-state index contributed by atoms with van der Waals surface area (Å²) in [4.78, 5) is 14.1. The van der Waals surface area contributed by atoms with E-state index in [2.05, 4.69) is 0 Å². The number of hydrogen-bond donors (Lipinski definition) is 0. The fraction of sp³-hybridized carbons (Fsp3) is 0.533. The number of halogens is 1. The molecule has 1 saturated carbocycles. The van der Waals surface area contributed by atoms with Crippen LogP contribution >= 0.6 is 0 Å². The fourth-order valence-corrected chi connectivity index (χ4v) is 3.36. The summed E-state index contributed by atoms with van der Waals surface area (Å²) in [6, 6.07) is 4.85. The van der Waals surface area contributed by atoms with Crippen LogP contribution in [0, 0.1) is 24.6 Å². The molecule has 0 bridgehead atoms. The number of hydrogen-bond acceptors (Lipinski definition) is 1. The summed E-state index contributed by atoms with van der Waals surface area (Å²) in [7, 11) is 0. The van der Waals surface area contributed by atoms with Crippen LogP contribution in [0.2, 0.25) is 0 Å². The molecule has 3 heteroatoms. The van der Waals surface area contributed by atoms with Gasteiger partial charge in [-0.15, -0.1) is 0 Å². The first kappa shape index (κ1) is 11.7. The molecule has 1 amide bonds. The molecule has 1 aromatic rings. The molecule has 2 unspecified atom stereocenters. The van der Waals surface area contributed by atoms with Gasteiger partial charge in [0.15, 0.2) is 0 Å². The van der Waals surface area contributed by atoms with E-state index in [4.69, 9.17) is 0 Å². The topological polar surface area (TPSA) is 20.3 Å². The minimum atomic E-state index is -0.392. The lowest BCUT2D eigenvalue weighted by Crippen LogP contribution is -2.30. The Balaban J connectivity index is 1.79. The van der Waals surface area contributed by atoms with Crippen molar-refractivity contribution in [1.82, 2.24) is 4.90 Å². The standard InChI is InChI=1S/C15H18FNO/c1-10-5-6-13(14(16)7-10)15(18)17-8-11-3-2-4-12(11)9-17/h5-7,11-12H,2-4,8-9H2,1H3. The maximum Gasteiger partial charge on any atom is 0.256 e. The Kier molecular flexibility index (Phi) is 2.84. The summed E-state index contributed by atoms with van der Waals surface area (Å²) >= 11 is 0. The lowest BCUT2D eigenvalue weighted by atomic mass is 10.0. The van der Waals surface area contributed by atoms with Crippen molar-refractivity contribution in [3.8, 4) is 0 Å². The summed E-state index contributed by atoms with van der Waals surface area (Å²) in [5.74, 6) is 0.781. The highest BCUT2D eigenvalue weighted by Gasteiger charge is 2.38. The summed E-state index contributed by atoms with van der Waals surface area (Å²) < 4.78 is 13.8. The quantitative estimate of drug-likeness (QED) is 0.747. The van der Waals surface area contributed by atoms with Crippen LogP contribution in [0.3, 0.4) is 0 Å². The van der Waals surface area contributed by atoms with Crippen LogP contribution in [0.4, 0.5) is 4.39 Å². The molecule has 3 rings (SSSR count). The van der Waals surface area contributed by atoms with Crippen LogP contribution in [0.5, 0.6) is 0 Å². The van der Waals surface area contributed by atoms with Crippen molar-refractivity contribution in [3.05, 3.63) is 35.1 Å². The van der Waals surface area contributed by atoms with Gasteiger partial charge in [-0.25, -0.2) is 4.39 Å². The second kappa shape index (κ2) is 4.38. The number of nitrogens with zero attached hydrogens (tertiary/aromatic N) is 1. The van der Waals surface area contributed by atoms with Crippen LogP contribution in [0.15, 0.2) is 18.2 Å². The molecule has 18 heavy (non-hydrogen) atoms. The Bertz CT molecular complexity index is 473. The number of benzene rings is 1. The molecule has 1 aromatic carbocycles. The Labute approximate surface area is 107 Å². The van der Waals surface area contributed by atoms with Crippen LogP contribution in [0.25, 0.3) is 0 Å². The van der Waals surface area contributed by atoms with E-state index in [0.29, 0.717) is 11.8 Å². The zero-order valence-electron chi connectivity index (χ0n) is 10.7. The molecule has 0 N–H and O–H groups in total. The normalized spacial score (nSPS) is 26.4. The smallest absolute Gasteiger partial charge is 0.256 e. The average Bonchev–Trinajstić information content (AvgIpc) is 2.87. The summed E-state index contributed by atoms with van der Waals surface area (Å²) in [6.45, 7) is 3.46. The van der Waals surface area contributed by atoms with Crippen molar-refractivity contribution >= 4 is 5.91 Å². The van der Waals surface area contributed by atoms with Gasteiger partial charge in [-0.1, -0.05) is 12.5 Å². The number of carbonyl (C=O) groups is 1. The van der Waals surface area contributed by atoms with E-state index in [1.807, 2.05) is 11.8 Å². The third-order valence-corrected chi connectivity index (χ3v) is 4.37. The molecule has 96 valence electrons. The SMILES string of the molecule is Cc1ccc(C(=O)N2CC3CCCC3C2)c(F)c1. The predicted molar refractivity (Wildman–Crippen MR) is 67.9 cm³/mol. The summed E-state index contributed by atoms with van der Waals surface area (Å²) in [5.41, 5.74) is 1.07. The number of aryl methyl sites for hydroxylation is 1. The van der Waals surface area contributed by atoms with E-state index < -0.39 is 5.82 Å². The van der Waals surface area contributed by atoms with Crippen LogP contribution in [-0.4, -0.2) is 23.9 Å². The molecule has 1 aliphatic heterocycles. The Morgan fingerprint density at radius 2 is 1.94 bits per heavy atom. The van der Waals surface area contributed by atoms with Gasteiger partial charge in [-0.05, 0) is 49.3 Å². The molecule has 2 fully saturated rings. The number of carbonyl (C=O) groups excluding carboxylic acids is 1. The Morgan fingerprint density at radius 3 is 2.56 bits per heavy atom. The monoisotopic (exact) mass is 247 g/mol. The molecule has 0 spiro atoms. The number of likely N-dealkylation sites (tertiary alicyclic amines) is 1. The van der Waals surface area contributed by atoms with Gasteiger partial charge in [0.2, 0.25) is 0 Å². The highest BCUT2D eigenvalue weighted by molar-refractivity contribution is 5.94. The van der Waals surface area contributed by atoms with Crippen molar-refractivity contribution in [3.63, 3.8) is 0 Å². The number of rotatable bonds is 1. The van der Waals surface area contributed by atoms with Gasteiger partial charge in [-0.3, -0.25) is 4.79 Å². The average molecular weight is 247 g/mol. The van der Waals surface area contributed by atoms with Crippen molar-refractivity contribution in [1.29, 1.82) is 0 Å². The second-order valence-corrected chi connectivity index (χ2v) is 5.64. The van der Waals surface area contributed by atoms with E-state index in [9.17, 15) is 9.18 Å². The van der Waals surface area contributed by atoms with Crippen molar-refractivity contribution in [2.24, 2.45) is 11.8 Å². The lowest BCUT2D eigenvalue weighted by Gasteiger charge is -2.17. The van der Waals surface area contributed by atoms with Crippen molar-refractivity contribution in [2.45, 2.75) is 26.2 Å². The molecule has 1 saturated heterocycles. The number of fused-ring (bicyclic) bond motifs is 1. The van der Waals surface area contributed by atoms with Crippen LogP contribution in [-0.2, 0) is 0 Å². The lowest BCUT2D eigenvalue weighted by molar-refractivity contribution is 0.0776. The third kappa shape index (κ3) is 1.92.